The topological polar surface area (TPSA) is 46.2 Å². The second kappa shape index (κ2) is 7.37. The third kappa shape index (κ3) is 4.96. The van der Waals surface area contributed by atoms with Crippen molar-refractivity contribution in [3.05, 3.63) is 0 Å². The number of unbranched alkanes of at least 4 members (excludes halogenated alkanes) is 2. The van der Waals surface area contributed by atoms with Crippen molar-refractivity contribution in [3.8, 4) is 0 Å². The highest BCUT2D eigenvalue weighted by atomic mass is 32.2. The fraction of sp³-hybridized carbons (Fsp3) is 1.00. The van der Waals surface area contributed by atoms with Crippen LogP contribution in [-0.2, 0) is 9.84 Å². The molecule has 1 aliphatic carbocycles. The third-order valence-electron chi connectivity index (χ3n) is 3.66. The van der Waals surface area contributed by atoms with Gasteiger partial charge in [-0.3, -0.25) is 0 Å². The number of hydrogen-bond donors (Lipinski definition) is 1. The molecule has 0 spiro atoms. The zero-order valence-corrected chi connectivity index (χ0v) is 12.1. The summed E-state index contributed by atoms with van der Waals surface area (Å²) >= 11 is 0. The van der Waals surface area contributed by atoms with Crippen LogP contribution in [0.15, 0.2) is 0 Å². The molecule has 4 heteroatoms. The Labute approximate surface area is 106 Å². The molecule has 0 bridgehead atoms. The SMILES string of the molecule is CCCCCS(=O)(=O)C1CCCC(NCC)C1. The van der Waals surface area contributed by atoms with Gasteiger partial charge in [0, 0.05) is 6.04 Å². The van der Waals surface area contributed by atoms with E-state index in [4.69, 9.17) is 0 Å². The number of sulfone groups is 1. The van der Waals surface area contributed by atoms with Crippen LogP contribution < -0.4 is 5.32 Å². The Kier molecular flexibility index (Phi) is 6.49. The molecule has 102 valence electrons. The normalized spacial score (nSPS) is 26.0. The van der Waals surface area contributed by atoms with Gasteiger partial charge in [0.15, 0.2) is 9.84 Å². The van der Waals surface area contributed by atoms with Gasteiger partial charge < -0.3 is 5.32 Å². The van der Waals surface area contributed by atoms with Gasteiger partial charge in [-0.2, -0.15) is 0 Å². The molecule has 2 unspecified atom stereocenters. The highest BCUT2D eigenvalue weighted by Gasteiger charge is 2.30. The van der Waals surface area contributed by atoms with Crippen LogP contribution in [-0.4, -0.2) is 32.0 Å². The average Bonchev–Trinajstić information content (AvgIpc) is 2.30. The molecule has 0 amide bonds. The quantitative estimate of drug-likeness (QED) is 0.716. The van der Waals surface area contributed by atoms with Crippen molar-refractivity contribution in [2.45, 2.75) is 70.1 Å². The van der Waals surface area contributed by atoms with Gasteiger partial charge in [0.1, 0.15) is 0 Å². The summed E-state index contributed by atoms with van der Waals surface area (Å²) in [6, 6.07) is 0.416. The van der Waals surface area contributed by atoms with Gasteiger partial charge in [0.25, 0.3) is 0 Å². The summed E-state index contributed by atoms with van der Waals surface area (Å²) in [5.74, 6) is 0.393. The van der Waals surface area contributed by atoms with E-state index in [1.807, 2.05) is 0 Å². The minimum atomic E-state index is -2.85. The molecule has 3 nitrogen and oxygen atoms in total. The molecular weight excluding hydrogens is 234 g/mol. The lowest BCUT2D eigenvalue weighted by Crippen LogP contribution is -2.39. The Morgan fingerprint density at radius 1 is 1.18 bits per heavy atom. The molecule has 1 saturated carbocycles. The molecule has 0 aromatic rings. The highest BCUT2D eigenvalue weighted by Crippen LogP contribution is 2.25. The van der Waals surface area contributed by atoms with Crippen LogP contribution in [0.1, 0.15) is 58.8 Å². The highest BCUT2D eigenvalue weighted by molar-refractivity contribution is 7.92. The van der Waals surface area contributed by atoms with Crippen LogP contribution in [0.3, 0.4) is 0 Å². The van der Waals surface area contributed by atoms with E-state index in [2.05, 4.69) is 19.2 Å². The van der Waals surface area contributed by atoms with Crippen molar-refractivity contribution in [1.82, 2.24) is 5.32 Å². The van der Waals surface area contributed by atoms with E-state index >= 15 is 0 Å². The smallest absolute Gasteiger partial charge is 0.153 e. The molecule has 1 fully saturated rings. The first-order valence-electron chi connectivity index (χ1n) is 7.05. The Balaban J connectivity index is 2.46. The summed E-state index contributed by atoms with van der Waals surface area (Å²) in [5.41, 5.74) is 0. The molecule has 0 heterocycles. The van der Waals surface area contributed by atoms with Crippen molar-refractivity contribution < 1.29 is 8.42 Å². The maximum Gasteiger partial charge on any atom is 0.153 e. The Morgan fingerprint density at radius 2 is 1.94 bits per heavy atom. The molecular formula is C13H27NO2S. The lowest BCUT2D eigenvalue weighted by atomic mass is 9.95. The molecule has 1 aliphatic rings. The molecule has 2 atom stereocenters. The molecule has 17 heavy (non-hydrogen) atoms. The van der Waals surface area contributed by atoms with Gasteiger partial charge in [-0.15, -0.1) is 0 Å². The molecule has 0 saturated heterocycles. The number of nitrogens with one attached hydrogen (secondary N) is 1. The summed E-state index contributed by atoms with van der Waals surface area (Å²) in [7, 11) is -2.85. The van der Waals surface area contributed by atoms with Crippen molar-refractivity contribution >= 4 is 9.84 Å². The second-order valence-corrected chi connectivity index (χ2v) is 7.52. The average molecular weight is 261 g/mol. The maximum atomic E-state index is 12.2. The summed E-state index contributed by atoms with van der Waals surface area (Å²) < 4.78 is 24.4. The van der Waals surface area contributed by atoms with E-state index in [0.717, 1.165) is 51.5 Å². The van der Waals surface area contributed by atoms with Crippen molar-refractivity contribution in [3.63, 3.8) is 0 Å². The van der Waals surface area contributed by atoms with Gasteiger partial charge in [-0.05, 0) is 32.2 Å². The van der Waals surface area contributed by atoms with Crippen molar-refractivity contribution in [2.75, 3.05) is 12.3 Å². The largest absolute Gasteiger partial charge is 0.314 e. The first-order chi connectivity index (χ1) is 8.10. The van der Waals surface area contributed by atoms with Crippen LogP contribution in [0.25, 0.3) is 0 Å². The van der Waals surface area contributed by atoms with Gasteiger partial charge in [-0.25, -0.2) is 8.42 Å². The predicted molar refractivity (Wildman–Crippen MR) is 73.0 cm³/mol. The summed E-state index contributed by atoms with van der Waals surface area (Å²) in [4.78, 5) is 0. The van der Waals surface area contributed by atoms with E-state index < -0.39 is 9.84 Å². The Hall–Kier alpha value is -0.0900. The summed E-state index contributed by atoms with van der Waals surface area (Å²) in [5, 5.41) is 3.30. The molecule has 0 radical (unpaired) electrons. The van der Waals surface area contributed by atoms with Gasteiger partial charge >= 0.3 is 0 Å². The Morgan fingerprint density at radius 3 is 2.59 bits per heavy atom. The van der Waals surface area contributed by atoms with E-state index in [1.54, 1.807) is 0 Å². The third-order valence-corrected chi connectivity index (χ3v) is 5.96. The van der Waals surface area contributed by atoms with E-state index in [9.17, 15) is 8.42 Å². The monoisotopic (exact) mass is 261 g/mol. The standard InChI is InChI=1S/C13H27NO2S/c1-3-5-6-10-17(15,16)13-9-7-8-12(11-13)14-4-2/h12-14H,3-11H2,1-2H3. The van der Waals surface area contributed by atoms with Crippen LogP contribution in [0.5, 0.6) is 0 Å². The fourth-order valence-corrected chi connectivity index (χ4v) is 4.66. The van der Waals surface area contributed by atoms with E-state index in [1.165, 1.54) is 0 Å². The first-order valence-corrected chi connectivity index (χ1v) is 8.76. The van der Waals surface area contributed by atoms with E-state index in [-0.39, 0.29) is 5.25 Å². The first kappa shape index (κ1) is 15.0. The maximum absolute atomic E-state index is 12.2. The molecule has 0 aromatic carbocycles. The van der Waals surface area contributed by atoms with Crippen LogP contribution in [0.4, 0.5) is 0 Å². The minimum Gasteiger partial charge on any atom is -0.314 e. The summed E-state index contributed by atoms with van der Waals surface area (Å²) in [6.45, 7) is 5.13. The molecule has 0 aromatic heterocycles. The van der Waals surface area contributed by atoms with Crippen LogP contribution in [0.2, 0.25) is 0 Å². The van der Waals surface area contributed by atoms with Gasteiger partial charge in [0.2, 0.25) is 0 Å². The molecule has 0 aliphatic heterocycles. The molecule has 1 N–H and O–H groups in total. The van der Waals surface area contributed by atoms with E-state index in [0.29, 0.717) is 11.8 Å². The zero-order chi connectivity index (χ0) is 12.7. The zero-order valence-electron chi connectivity index (χ0n) is 11.2. The van der Waals surface area contributed by atoms with Crippen molar-refractivity contribution in [1.29, 1.82) is 0 Å². The van der Waals surface area contributed by atoms with Crippen molar-refractivity contribution in [2.24, 2.45) is 0 Å². The lowest BCUT2D eigenvalue weighted by molar-refractivity contribution is 0.377. The van der Waals surface area contributed by atoms with Crippen LogP contribution in [0, 0.1) is 0 Å². The number of hydrogen-bond acceptors (Lipinski definition) is 3. The lowest BCUT2D eigenvalue weighted by Gasteiger charge is -2.29. The second-order valence-electron chi connectivity index (χ2n) is 5.12. The fourth-order valence-electron chi connectivity index (χ4n) is 2.67. The van der Waals surface area contributed by atoms with Gasteiger partial charge in [0.05, 0.1) is 11.0 Å². The van der Waals surface area contributed by atoms with Crippen LogP contribution >= 0.6 is 0 Å². The summed E-state index contributed by atoms with van der Waals surface area (Å²) in [6.07, 6.45) is 6.83. The van der Waals surface area contributed by atoms with Gasteiger partial charge in [-0.1, -0.05) is 33.1 Å². The Bertz CT molecular complexity index is 299. The minimum absolute atomic E-state index is 0.0860. The predicted octanol–water partition coefficient (Wildman–Crippen LogP) is 2.51. The molecule has 1 rings (SSSR count). The number of rotatable bonds is 7.